The molecule has 0 atom stereocenters. The molecule has 6 heteroatoms. The molecule has 0 saturated heterocycles. The molecule has 168 valence electrons. The van der Waals surface area contributed by atoms with E-state index in [1.54, 1.807) is 12.1 Å². The second kappa shape index (κ2) is 9.04. The minimum absolute atomic E-state index is 0.0355. The fraction of sp³-hybridized carbons (Fsp3) is 0.0714. The number of amides is 1. The molecule has 4 aromatic carbocycles. The van der Waals surface area contributed by atoms with Crippen LogP contribution < -0.4 is 15.5 Å². The topological polar surface area (TPSA) is 68.5 Å². The van der Waals surface area contributed by atoms with Crippen molar-refractivity contribution in [2.45, 2.75) is 6.92 Å². The second-order valence-electron chi connectivity index (χ2n) is 7.92. The molecule has 1 heterocycles. The van der Waals surface area contributed by atoms with Crippen LogP contribution in [0, 0.1) is 6.92 Å². The van der Waals surface area contributed by atoms with Crippen LogP contribution in [-0.4, -0.2) is 12.5 Å². The Labute approximate surface area is 200 Å². The Morgan fingerprint density at radius 1 is 0.941 bits per heavy atom. The SMILES string of the molecule is Cc1cc2oc(-c3ccccc3)c(OCC(=O)Nc3cccc4ccccc34)c(=O)c2cc1Cl. The monoisotopic (exact) mass is 469 g/mol. The zero-order valence-electron chi connectivity index (χ0n) is 18.3. The average molecular weight is 470 g/mol. The molecular formula is C28H20ClNO4. The number of carbonyl (C=O) groups excluding carboxylic acids is 1. The van der Waals surface area contributed by atoms with Crippen molar-refractivity contribution in [1.29, 1.82) is 0 Å². The van der Waals surface area contributed by atoms with E-state index in [4.69, 9.17) is 20.8 Å². The Hall–Kier alpha value is -4.09. The number of hydrogen-bond donors (Lipinski definition) is 1. The normalized spacial score (nSPS) is 11.0. The lowest BCUT2D eigenvalue weighted by Crippen LogP contribution is -2.22. The van der Waals surface area contributed by atoms with Crippen molar-refractivity contribution in [2.24, 2.45) is 0 Å². The lowest BCUT2D eigenvalue weighted by atomic mass is 10.1. The van der Waals surface area contributed by atoms with Gasteiger partial charge < -0.3 is 14.5 Å². The standard InChI is InChI=1S/C28H20ClNO4/c1-17-14-24-21(15-22(17)29)26(32)28(27(34-24)19-9-3-2-4-10-19)33-16-25(31)30-23-13-7-11-18-8-5-6-12-20(18)23/h2-15H,16H2,1H3,(H,30,31). The quantitative estimate of drug-likeness (QED) is 0.315. The summed E-state index contributed by atoms with van der Waals surface area (Å²) < 4.78 is 11.9. The first-order valence-electron chi connectivity index (χ1n) is 10.7. The third-order valence-corrected chi connectivity index (χ3v) is 5.98. The van der Waals surface area contributed by atoms with Gasteiger partial charge in [-0.3, -0.25) is 9.59 Å². The van der Waals surface area contributed by atoms with Crippen molar-refractivity contribution in [2.75, 3.05) is 11.9 Å². The van der Waals surface area contributed by atoms with E-state index in [2.05, 4.69) is 5.32 Å². The summed E-state index contributed by atoms with van der Waals surface area (Å²) in [6.07, 6.45) is 0. The number of nitrogens with one attached hydrogen (secondary N) is 1. The van der Waals surface area contributed by atoms with E-state index in [9.17, 15) is 9.59 Å². The molecule has 0 fully saturated rings. The van der Waals surface area contributed by atoms with Gasteiger partial charge in [-0.2, -0.15) is 0 Å². The molecule has 5 rings (SSSR count). The smallest absolute Gasteiger partial charge is 0.262 e. The molecule has 34 heavy (non-hydrogen) atoms. The molecule has 1 N–H and O–H groups in total. The maximum absolute atomic E-state index is 13.4. The summed E-state index contributed by atoms with van der Waals surface area (Å²) >= 11 is 6.25. The van der Waals surface area contributed by atoms with Gasteiger partial charge in [0, 0.05) is 21.7 Å². The van der Waals surface area contributed by atoms with Gasteiger partial charge in [-0.15, -0.1) is 0 Å². The van der Waals surface area contributed by atoms with E-state index in [1.807, 2.05) is 79.7 Å². The van der Waals surface area contributed by atoms with Gasteiger partial charge in [0.1, 0.15) is 5.58 Å². The summed E-state index contributed by atoms with van der Waals surface area (Å²) in [4.78, 5) is 26.1. The molecule has 1 amide bonds. The average Bonchev–Trinajstić information content (AvgIpc) is 2.85. The summed E-state index contributed by atoms with van der Waals surface area (Å²) in [6.45, 7) is 1.48. The maximum atomic E-state index is 13.4. The Balaban J connectivity index is 1.50. The number of hydrogen-bond acceptors (Lipinski definition) is 4. The Morgan fingerprint density at radius 3 is 2.50 bits per heavy atom. The van der Waals surface area contributed by atoms with Crippen LogP contribution in [0.15, 0.2) is 94.1 Å². The Bertz CT molecular complexity index is 1590. The summed E-state index contributed by atoms with van der Waals surface area (Å²) in [5, 5.41) is 5.54. The van der Waals surface area contributed by atoms with Crippen LogP contribution in [0.1, 0.15) is 5.56 Å². The van der Waals surface area contributed by atoms with Crippen molar-refractivity contribution < 1.29 is 13.9 Å². The summed E-state index contributed by atoms with van der Waals surface area (Å²) in [7, 11) is 0. The van der Waals surface area contributed by atoms with Crippen molar-refractivity contribution >= 4 is 44.9 Å². The molecule has 0 spiro atoms. The van der Waals surface area contributed by atoms with E-state index in [-0.39, 0.29) is 23.5 Å². The molecule has 0 aliphatic heterocycles. The van der Waals surface area contributed by atoms with Gasteiger partial charge in [0.05, 0.1) is 5.39 Å². The van der Waals surface area contributed by atoms with Gasteiger partial charge in [0.25, 0.3) is 5.91 Å². The minimum atomic E-state index is -0.392. The van der Waals surface area contributed by atoms with Crippen LogP contribution in [0.3, 0.4) is 0 Å². The van der Waals surface area contributed by atoms with Crippen molar-refractivity contribution in [3.63, 3.8) is 0 Å². The first-order valence-corrected chi connectivity index (χ1v) is 11.1. The molecular weight excluding hydrogens is 450 g/mol. The van der Waals surface area contributed by atoms with Crippen LogP contribution in [0.2, 0.25) is 5.02 Å². The van der Waals surface area contributed by atoms with Crippen LogP contribution in [0.5, 0.6) is 5.75 Å². The molecule has 1 aromatic heterocycles. The van der Waals surface area contributed by atoms with Gasteiger partial charge in [-0.05, 0) is 36.1 Å². The van der Waals surface area contributed by atoms with Gasteiger partial charge >= 0.3 is 0 Å². The number of benzene rings is 4. The number of halogens is 1. The number of ether oxygens (including phenoxy) is 1. The highest BCUT2D eigenvalue weighted by atomic mass is 35.5. The molecule has 5 aromatic rings. The van der Waals surface area contributed by atoms with E-state index < -0.39 is 5.91 Å². The highest BCUT2D eigenvalue weighted by molar-refractivity contribution is 6.32. The second-order valence-corrected chi connectivity index (χ2v) is 8.32. The zero-order valence-corrected chi connectivity index (χ0v) is 19.1. The molecule has 0 aliphatic rings. The van der Waals surface area contributed by atoms with E-state index in [0.717, 1.165) is 16.3 Å². The third-order valence-electron chi connectivity index (χ3n) is 5.58. The molecule has 0 aliphatic carbocycles. The summed E-state index contributed by atoms with van der Waals surface area (Å²) in [5.74, 6) is -0.165. The fourth-order valence-electron chi connectivity index (χ4n) is 3.87. The van der Waals surface area contributed by atoms with E-state index in [0.29, 0.717) is 27.2 Å². The third kappa shape index (κ3) is 4.14. The van der Waals surface area contributed by atoms with Crippen LogP contribution in [0.4, 0.5) is 5.69 Å². The fourth-order valence-corrected chi connectivity index (χ4v) is 4.03. The number of aryl methyl sites for hydroxylation is 1. The van der Waals surface area contributed by atoms with Crippen LogP contribution >= 0.6 is 11.6 Å². The zero-order chi connectivity index (χ0) is 23.7. The van der Waals surface area contributed by atoms with E-state index in [1.165, 1.54) is 0 Å². The first kappa shape index (κ1) is 21.7. The van der Waals surface area contributed by atoms with Gasteiger partial charge in [0.2, 0.25) is 11.2 Å². The van der Waals surface area contributed by atoms with Gasteiger partial charge in [-0.1, -0.05) is 78.3 Å². The van der Waals surface area contributed by atoms with E-state index >= 15 is 0 Å². The first-order chi connectivity index (χ1) is 16.5. The number of carbonyl (C=O) groups is 1. The molecule has 5 nitrogen and oxygen atoms in total. The van der Waals surface area contributed by atoms with Crippen molar-refractivity contribution in [3.8, 4) is 17.1 Å². The number of fused-ring (bicyclic) bond motifs is 2. The summed E-state index contributed by atoms with van der Waals surface area (Å²) in [6, 6.07) is 25.9. The highest BCUT2D eigenvalue weighted by Gasteiger charge is 2.20. The molecule has 0 unspecified atom stereocenters. The van der Waals surface area contributed by atoms with Crippen LogP contribution in [-0.2, 0) is 4.79 Å². The minimum Gasteiger partial charge on any atom is -0.476 e. The predicted octanol–water partition coefficient (Wildman–Crippen LogP) is 6.59. The highest BCUT2D eigenvalue weighted by Crippen LogP contribution is 2.32. The number of anilines is 1. The lowest BCUT2D eigenvalue weighted by Gasteiger charge is -2.13. The predicted molar refractivity (Wildman–Crippen MR) is 136 cm³/mol. The molecule has 0 saturated carbocycles. The maximum Gasteiger partial charge on any atom is 0.262 e. The largest absolute Gasteiger partial charge is 0.476 e. The lowest BCUT2D eigenvalue weighted by molar-refractivity contribution is -0.118. The Kier molecular flexibility index (Phi) is 5.78. The molecule has 0 bridgehead atoms. The van der Waals surface area contributed by atoms with Gasteiger partial charge in [-0.25, -0.2) is 0 Å². The van der Waals surface area contributed by atoms with Crippen LogP contribution in [0.25, 0.3) is 33.1 Å². The van der Waals surface area contributed by atoms with Crippen molar-refractivity contribution in [1.82, 2.24) is 0 Å². The van der Waals surface area contributed by atoms with Gasteiger partial charge in [0.15, 0.2) is 12.4 Å². The Morgan fingerprint density at radius 2 is 1.68 bits per heavy atom. The van der Waals surface area contributed by atoms with Crippen molar-refractivity contribution in [3.05, 3.63) is 106 Å². The number of rotatable bonds is 5. The molecule has 0 radical (unpaired) electrons. The summed E-state index contributed by atoms with van der Waals surface area (Å²) in [5.41, 5.74) is 2.14.